The highest BCUT2D eigenvalue weighted by Gasteiger charge is 2.14. The number of furan rings is 1. The fraction of sp³-hybridized carbons (Fsp3) is 0.0435. The Balaban J connectivity index is 1.46. The Morgan fingerprint density at radius 3 is 2.82 bits per heavy atom. The number of hydrogen-bond donors (Lipinski definition) is 1. The van der Waals surface area contributed by atoms with Gasteiger partial charge in [0, 0.05) is 27.6 Å². The molecule has 10 heteroatoms. The highest BCUT2D eigenvalue weighted by Crippen LogP contribution is 2.25. The zero-order chi connectivity index (χ0) is 23.4. The van der Waals surface area contributed by atoms with Crippen molar-refractivity contribution in [3.05, 3.63) is 104 Å². The molecule has 0 atom stereocenters. The maximum atomic E-state index is 13.4. The number of carbonyl (C=O) groups is 1. The van der Waals surface area contributed by atoms with Gasteiger partial charge < -0.3 is 9.15 Å². The lowest BCUT2D eigenvalue weighted by molar-refractivity contribution is -0.384. The van der Waals surface area contributed by atoms with E-state index in [1.54, 1.807) is 30.3 Å². The highest BCUT2D eigenvalue weighted by molar-refractivity contribution is 9.10. The summed E-state index contributed by atoms with van der Waals surface area (Å²) in [6.45, 7) is 0.151. The molecular weight excluding hydrogens is 497 g/mol. The highest BCUT2D eigenvalue weighted by atomic mass is 79.9. The Bertz CT molecular complexity index is 1390. The lowest BCUT2D eigenvalue weighted by Gasteiger charge is -2.10. The predicted octanol–water partition coefficient (Wildman–Crippen LogP) is 5.59. The molecule has 4 aromatic rings. The van der Waals surface area contributed by atoms with E-state index in [0.717, 1.165) is 4.47 Å². The van der Waals surface area contributed by atoms with Crippen LogP contribution in [-0.2, 0) is 6.61 Å². The zero-order valence-corrected chi connectivity index (χ0v) is 18.4. The number of ether oxygens (including phenoxy) is 1. The first-order valence-corrected chi connectivity index (χ1v) is 10.4. The van der Waals surface area contributed by atoms with E-state index in [2.05, 4.69) is 26.5 Å². The molecule has 0 aliphatic heterocycles. The number of halogens is 2. The number of benzene rings is 3. The number of nitro groups is 1. The number of nitrogens with one attached hydrogen (secondary N) is 1. The number of rotatable bonds is 7. The second kappa shape index (κ2) is 9.61. The third-order valence-corrected chi connectivity index (χ3v) is 5.05. The number of nitro benzene ring substituents is 1. The monoisotopic (exact) mass is 511 g/mol. The topological polar surface area (TPSA) is 107 Å². The predicted molar refractivity (Wildman–Crippen MR) is 123 cm³/mol. The second-order valence-corrected chi connectivity index (χ2v) is 7.81. The second-order valence-electron chi connectivity index (χ2n) is 6.89. The number of nitrogens with zero attached hydrogens (tertiary/aromatic N) is 2. The maximum absolute atomic E-state index is 13.4. The van der Waals surface area contributed by atoms with Gasteiger partial charge in [0.2, 0.25) is 0 Å². The molecule has 1 amide bonds. The van der Waals surface area contributed by atoms with Gasteiger partial charge in [-0.2, -0.15) is 5.10 Å². The summed E-state index contributed by atoms with van der Waals surface area (Å²) >= 11 is 3.38. The Hall–Kier alpha value is -4.05. The van der Waals surface area contributed by atoms with E-state index in [0.29, 0.717) is 27.8 Å². The number of fused-ring (bicyclic) bond motifs is 1. The van der Waals surface area contributed by atoms with Gasteiger partial charge in [0.25, 0.3) is 5.69 Å². The van der Waals surface area contributed by atoms with E-state index in [-0.39, 0.29) is 23.9 Å². The van der Waals surface area contributed by atoms with Crippen LogP contribution in [0.4, 0.5) is 10.1 Å². The third kappa shape index (κ3) is 5.42. The van der Waals surface area contributed by atoms with Crippen LogP contribution in [-0.4, -0.2) is 17.0 Å². The molecule has 0 saturated carbocycles. The van der Waals surface area contributed by atoms with Crippen molar-refractivity contribution < 1.29 is 23.3 Å². The summed E-state index contributed by atoms with van der Waals surface area (Å²) in [4.78, 5) is 22.8. The number of hydrogen-bond acceptors (Lipinski definition) is 6. The molecule has 166 valence electrons. The average Bonchev–Trinajstić information content (AvgIpc) is 3.22. The smallest absolute Gasteiger partial charge is 0.307 e. The minimum absolute atomic E-state index is 0.0422. The van der Waals surface area contributed by atoms with Crippen molar-refractivity contribution in [1.82, 2.24) is 5.43 Å². The van der Waals surface area contributed by atoms with Crippen molar-refractivity contribution in [2.24, 2.45) is 5.10 Å². The van der Waals surface area contributed by atoms with Gasteiger partial charge in [0.15, 0.2) is 5.76 Å². The molecule has 3 aromatic carbocycles. The molecule has 4 rings (SSSR count). The van der Waals surface area contributed by atoms with Crippen molar-refractivity contribution in [2.45, 2.75) is 6.61 Å². The van der Waals surface area contributed by atoms with Gasteiger partial charge in [-0.15, -0.1) is 0 Å². The summed E-state index contributed by atoms with van der Waals surface area (Å²) < 4.78 is 25.4. The van der Waals surface area contributed by atoms with Crippen LogP contribution in [0.5, 0.6) is 5.75 Å². The van der Waals surface area contributed by atoms with E-state index in [9.17, 15) is 19.3 Å². The van der Waals surface area contributed by atoms with Crippen LogP contribution in [0.1, 0.15) is 21.7 Å². The minimum atomic E-state index is -0.623. The van der Waals surface area contributed by atoms with Gasteiger partial charge in [-0.25, -0.2) is 9.82 Å². The van der Waals surface area contributed by atoms with Gasteiger partial charge in [0.1, 0.15) is 23.8 Å². The van der Waals surface area contributed by atoms with Gasteiger partial charge >= 0.3 is 5.91 Å². The molecule has 0 saturated heterocycles. The molecular formula is C23H15BrFN3O5. The fourth-order valence-electron chi connectivity index (χ4n) is 3.01. The van der Waals surface area contributed by atoms with Crippen LogP contribution in [0, 0.1) is 15.9 Å². The molecule has 0 bridgehead atoms. The van der Waals surface area contributed by atoms with Gasteiger partial charge in [-0.1, -0.05) is 28.1 Å². The normalized spacial score (nSPS) is 11.1. The van der Waals surface area contributed by atoms with Crippen molar-refractivity contribution in [1.29, 1.82) is 0 Å². The molecule has 0 fully saturated rings. The van der Waals surface area contributed by atoms with E-state index >= 15 is 0 Å². The van der Waals surface area contributed by atoms with Crippen LogP contribution >= 0.6 is 15.9 Å². The van der Waals surface area contributed by atoms with Gasteiger partial charge in [-0.3, -0.25) is 14.9 Å². The van der Waals surface area contributed by atoms with Crippen LogP contribution in [0.15, 0.2) is 80.7 Å². The Morgan fingerprint density at radius 1 is 1.18 bits per heavy atom. The molecule has 33 heavy (non-hydrogen) atoms. The lowest BCUT2D eigenvalue weighted by Crippen LogP contribution is -2.16. The lowest BCUT2D eigenvalue weighted by atomic mass is 10.2. The van der Waals surface area contributed by atoms with E-state index < -0.39 is 10.8 Å². The van der Waals surface area contributed by atoms with Crippen molar-refractivity contribution in [2.75, 3.05) is 0 Å². The van der Waals surface area contributed by atoms with Crippen molar-refractivity contribution >= 4 is 44.7 Å². The minimum Gasteiger partial charge on any atom is -0.488 e. The van der Waals surface area contributed by atoms with Crippen molar-refractivity contribution in [3.63, 3.8) is 0 Å². The summed E-state index contributed by atoms with van der Waals surface area (Å²) in [6.07, 6.45) is 1.40. The number of amides is 1. The number of non-ortho nitro benzene ring substituents is 1. The number of hydrazone groups is 1. The van der Waals surface area contributed by atoms with Gasteiger partial charge in [-0.05, 0) is 48.0 Å². The third-order valence-electron chi connectivity index (χ3n) is 4.56. The molecule has 8 nitrogen and oxygen atoms in total. The standard InChI is InChI=1S/C23H15BrFN3O5/c24-17-4-6-20(32-13-14-2-1-3-18(25)8-14)16(9-17)12-26-27-23(29)22-11-15-10-19(28(30)31)5-7-21(15)33-22/h1-12H,13H2,(H,27,29)/b26-12-. The van der Waals surface area contributed by atoms with Crippen LogP contribution in [0.3, 0.4) is 0 Å². The summed E-state index contributed by atoms with van der Waals surface area (Å²) in [5.41, 5.74) is 3.83. The Labute approximate surface area is 194 Å². The molecule has 0 unspecified atom stereocenters. The molecule has 1 aromatic heterocycles. The Morgan fingerprint density at radius 2 is 2.03 bits per heavy atom. The quantitative estimate of drug-likeness (QED) is 0.198. The summed E-state index contributed by atoms with van der Waals surface area (Å²) in [7, 11) is 0. The van der Waals surface area contributed by atoms with Crippen LogP contribution in [0.25, 0.3) is 11.0 Å². The largest absolute Gasteiger partial charge is 0.488 e. The Kier molecular flexibility index (Phi) is 6.45. The molecule has 1 heterocycles. The van der Waals surface area contributed by atoms with E-state index in [1.165, 1.54) is 42.6 Å². The van der Waals surface area contributed by atoms with E-state index in [1.807, 2.05) is 0 Å². The number of carbonyl (C=O) groups excluding carboxylic acids is 1. The first-order chi connectivity index (χ1) is 15.9. The average molecular weight is 512 g/mol. The maximum Gasteiger partial charge on any atom is 0.307 e. The fourth-order valence-corrected chi connectivity index (χ4v) is 3.39. The van der Waals surface area contributed by atoms with E-state index in [4.69, 9.17) is 9.15 Å². The molecule has 0 aliphatic rings. The SMILES string of the molecule is O=C(N/N=C\c1cc(Br)ccc1OCc1cccc(F)c1)c1cc2cc([N+](=O)[O-])ccc2o1. The zero-order valence-electron chi connectivity index (χ0n) is 16.8. The molecule has 0 spiro atoms. The molecule has 0 radical (unpaired) electrons. The van der Waals surface area contributed by atoms with Crippen LogP contribution < -0.4 is 10.2 Å². The van der Waals surface area contributed by atoms with Gasteiger partial charge in [0.05, 0.1) is 11.1 Å². The summed E-state index contributed by atoms with van der Waals surface area (Å²) in [5, 5.41) is 15.3. The molecule has 0 aliphatic carbocycles. The van der Waals surface area contributed by atoms with Crippen molar-refractivity contribution in [3.8, 4) is 5.75 Å². The molecule has 1 N–H and O–H groups in total. The van der Waals surface area contributed by atoms with Crippen LogP contribution in [0.2, 0.25) is 0 Å². The first-order valence-electron chi connectivity index (χ1n) is 9.57. The summed E-state index contributed by atoms with van der Waals surface area (Å²) in [6, 6.07) is 16.8. The first kappa shape index (κ1) is 22.2. The summed E-state index contributed by atoms with van der Waals surface area (Å²) in [5.74, 6) is -0.532.